The molecule has 0 radical (unpaired) electrons. The lowest BCUT2D eigenvalue weighted by atomic mass is 9.80. The maximum atomic E-state index is 10.8. The van der Waals surface area contributed by atoms with E-state index >= 15 is 0 Å². The van der Waals surface area contributed by atoms with Gasteiger partial charge < -0.3 is 10.2 Å². The number of carboxylic acid groups (broad SMARTS) is 2. The molecule has 1 aromatic heterocycles. The van der Waals surface area contributed by atoms with Crippen LogP contribution in [0.1, 0.15) is 13.3 Å². The minimum absolute atomic E-state index is 0.0359. The van der Waals surface area contributed by atoms with Crippen molar-refractivity contribution in [2.45, 2.75) is 13.3 Å². The van der Waals surface area contributed by atoms with E-state index in [0.717, 1.165) is 0 Å². The molecule has 1 aromatic rings. The first-order valence-electron chi connectivity index (χ1n) is 5.74. The van der Waals surface area contributed by atoms with Gasteiger partial charge in [-0.3, -0.25) is 9.89 Å². The summed E-state index contributed by atoms with van der Waals surface area (Å²) in [6.45, 7) is 7.50. The molecule has 0 aliphatic heterocycles. The lowest BCUT2D eigenvalue weighted by Gasteiger charge is -2.23. The lowest BCUT2D eigenvalue weighted by Crippen LogP contribution is -2.28. The van der Waals surface area contributed by atoms with Crippen molar-refractivity contribution in [3.63, 3.8) is 0 Å². The van der Waals surface area contributed by atoms with Crippen LogP contribution in [0, 0.1) is 5.41 Å². The molecule has 108 valence electrons. The van der Waals surface area contributed by atoms with Gasteiger partial charge in [-0.25, -0.2) is 4.79 Å². The molecule has 0 fully saturated rings. The van der Waals surface area contributed by atoms with Crippen molar-refractivity contribution in [3.8, 4) is 0 Å². The summed E-state index contributed by atoms with van der Waals surface area (Å²) in [6, 6.07) is 1.83. The van der Waals surface area contributed by atoms with Crippen molar-refractivity contribution >= 4 is 11.9 Å². The monoisotopic (exact) mass is 278 g/mol. The van der Waals surface area contributed by atoms with Gasteiger partial charge in [-0.2, -0.15) is 5.10 Å². The number of rotatable bonds is 2. The van der Waals surface area contributed by atoms with Crippen molar-refractivity contribution in [2.75, 3.05) is 0 Å². The van der Waals surface area contributed by atoms with Crippen LogP contribution >= 0.6 is 0 Å². The summed E-state index contributed by atoms with van der Waals surface area (Å²) in [7, 11) is 0. The van der Waals surface area contributed by atoms with Crippen molar-refractivity contribution in [1.29, 1.82) is 0 Å². The first kappa shape index (κ1) is 17.4. The van der Waals surface area contributed by atoms with E-state index in [-0.39, 0.29) is 12.0 Å². The minimum Gasteiger partial charge on any atom is -0.481 e. The molecule has 2 rings (SSSR count). The quantitative estimate of drug-likeness (QED) is 0.720. The van der Waals surface area contributed by atoms with Crippen molar-refractivity contribution in [3.05, 3.63) is 55.4 Å². The Morgan fingerprint density at radius 2 is 2.05 bits per heavy atom. The second-order valence-electron chi connectivity index (χ2n) is 4.02. The molecule has 1 aliphatic carbocycles. The number of allylic oxidation sites excluding steroid dienone is 2. The highest BCUT2D eigenvalue weighted by Gasteiger charge is 2.34. The third-order valence-corrected chi connectivity index (χ3v) is 2.49. The number of aromatic nitrogens is 2. The van der Waals surface area contributed by atoms with Crippen LogP contribution in [-0.2, 0) is 9.59 Å². The number of hydrogen-bond acceptors (Lipinski definition) is 3. The average Bonchev–Trinajstić information content (AvgIpc) is 3.00. The molecule has 3 N–H and O–H groups in total. The van der Waals surface area contributed by atoms with Crippen molar-refractivity contribution < 1.29 is 19.8 Å². The van der Waals surface area contributed by atoms with Crippen LogP contribution in [0.2, 0.25) is 0 Å². The van der Waals surface area contributed by atoms with Crippen molar-refractivity contribution in [1.82, 2.24) is 10.2 Å². The molecule has 20 heavy (non-hydrogen) atoms. The van der Waals surface area contributed by atoms with E-state index in [1.807, 2.05) is 6.07 Å². The fourth-order valence-electron chi connectivity index (χ4n) is 1.40. The zero-order chi connectivity index (χ0) is 15.6. The molecule has 0 spiro atoms. The highest BCUT2D eigenvalue weighted by molar-refractivity contribution is 5.90. The van der Waals surface area contributed by atoms with Gasteiger partial charge in [0.2, 0.25) is 0 Å². The summed E-state index contributed by atoms with van der Waals surface area (Å²) < 4.78 is 0. The number of carboxylic acids is 2. The Bertz CT molecular complexity index is 474. The Kier molecular flexibility index (Phi) is 7.35. The lowest BCUT2D eigenvalue weighted by molar-refractivity contribution is -0.145. The molecule has 0 bridgehead atoms. The maximum absolute atomic E-state index is 10.8. The molecule has 1 unspecified atom stereocenters. The molecule has 1 heterocycles. The number of aliphatic carboxylic acids is 2. The number of H-pyrrole nitrogens is 1. The average molecular weight is 278 g/mol. The second kappa shape index (κ2) is 8.47. The van der Waals surface area contributed by atoms with Gasteiger partial charge in [0.05, 0.1) is 5.41 Å². The fourth-order valence-corrected chi connectivity index (χ4v) is 1.40. The standard InChI is InChI=1S/C9H10O4.C3H4N2.C2H4/c1-9(8(12)13)4-2-3-6(5-9)7(10)11;1-2-4-5-3-1;1-2/h2-4H,5H2,1H3,(H,10,11)(H,12,13);1-3H,(H,4,5);1-2H2. The molecular formula is C14H18N2O4. The summed E-state index contributed by atoms with van der Waals surface area (Å²) in [5, 5.41) is 23.7. The normalized spacial score (nSPS) is 19.6. The Balaban J connectivity index is 0.000000427. The van der Waals surface area contributed by atoms with Crippen LogP contribution in [0.3, 0.4) is 0 Å². The third kappa shape index (κ3) is 5.34. The molecule has 6 heteroatoms. The number of nitrogens with one attached hydrogen (secondary N) is 1. The van der Waals surface area contributed by atoms with E-state index in [1.165, 1.54) is 25.2 Å². The highest BCUT2D eigenvalue weighted by Crippen LogP contribution is 2.31. The SMILES string of the molecule is C=C.CC1(C(=O)O)C=CC=C(C(=O)O)C1.c1cn[nH]c1. The Hall–Kier alpha value is -2.63. The zero-order valence-electron chi connectivity index (χ0n) is 11.2. The topological polar surface area (TPSA) is 103 Å². The van der Waals surface area contributed by atoms with Crippen LogP contribution in [0.4, 0.5) is 0 Å². The van der Waals surface area contributed by atoms with E-state index in [4.69, 9.17) is 10.2 Å². The summed E-state index contributed by atoms with van der Waals surface area (Å²) in [5.41, 5.74) is -0.949. The second-order valence-corrected chi connectivity index (χ2v) is 4.02. The van der Waals surface area contributed by atoms with E-state index < -0.39 is 17.4 Å². The summed E-state index contributed by atoms with van der Waals surface area (Å²) in [4.78, 5) is 21.3. The smallest absolute Gasteiger partial charge is 0.331 e. The maximum Gasteiger partial charge on any atom is 0.331 e. The number of aromatic amines is 1. The van der Waals surface area contributed by atoms with E-state index in [0.29, 0.717) is 0 Å². The van der Waals surface area contributed by atoms with E-state index in [2.05, 4.69) is 23.4 Å². The van der Waals surface area contributed by atoms with E-state index in [9.17, 15) is 9.59 Å². The largest absolute Gasteiger partial charge is 0.481 e. The predicted octanol–water partition coefficient (Wildman–Crippen LogP) is 2.26. The number of carbonyl (C=O) groups is 2. The van der Waals surface area contributed by atoms with Gasteiger partial charge in [0.15, 0.2) is 0 Å². The van der Waals surface area contributed by atoms with Crippen LogP contribution in [0.25, 0.3) is 0 Å². The molecular weight excluding hydrogens is 260 g/mol. The Morgan fingerprint density at radius 1 is 1.40 bits per heavy atom. The Labute approximate surface area is 117 Å². The van der Waals surface area contributed by atoms with Gasteiger partial charge in [0.25, 0.3) is 0 Å². The Morgan fingerprint density at radius 3 is 2.40 bits per heavy atom. The van der Waals surface area contributed by atoms with Crippen LogP contribution in [-0.4, -0.2) is 32.3 Å². The number of nitrogens with zero attached hydrogens (tertiary/aromatic N) is 1. The summed E-state index contributed by atoms with van der Waals surface area (Å²) in [6.07, 6.45) is 7.89. The fraction of sp³-hybridized carbons (Fsp3) is 0.214. The minimum atomic E-state index is -1.08. The molecule has 0 saturated carbocycles. The van der Waals surface area contributed by atoms with Gasteiger partial charge in [0.1, 0.15) is 0 Å². The predicted molar refractivity (Wildman–Crippen MR) is 75.1 cm³/mol. The molecule has 0 amide bonds. The molecule has 0 aromatic carbocycles. The van der Waals surface area contributed by atoms with Gasteiger partial charge in [0, 0.05) is 18.0 Å². The first-order valence-corrected chi connectivity index (χ1v) is 5.74. The zero-order valence-corrected chi connectivity index (χ0v) is 11.2. The molecule has 6 nitrogen and oxygen atoms in total. The first-order chi connectivity index (χ1) is 9.46. The highest BCUT2D eigenvalue weighted by atomic mass is 16.4. The van der Waals surface area contributed by atoms with Crippen molar-refractivity contribution in [2.24, 2.45) is 5.41 Å². The van der Waals surface area contributed by atoms with Gasteiger partial charge in [-0.15, -0.1) is 13.2 Å². The molecule has 0 saturated heterocycles. The van der Waals surface area contributed by atoms with Gasteiger partial charge >= 0.3 is 11.9 Å². The summed E-state index contributed by atoms with van der Waals surface area (Å²) in [5.74, 6) is -2.06. The van der Waals surface area contributed by atoms with Crippen LogP contribution in [0.5, 0.6) is 0 Å². The third-order valence-electron chi connectivity index (χ3n) is 2.49. The van der Waals surface area contributed by atoms with Crippen LogP contribution in [0.15, 0.2) is 55.4 Å². The molecule has 1 atom stereocenters. The van der Waals surface area contributed by atoms with Gasteiger partial charge in [-0.05, 0) is 19.4 Å². The summed E-state index contributed by atoms with van der Waals surface area (Å²) >= 11 is 0. The van der Waals surface area contributed by atoms with Gasteiger partial charge in [-0.1, -0.05) is 18.2 Å². The van der Waals surface area contributed by atoms with E-state index in [1.54, 1.807) is 12.4 Å². The number of hydrogen-bond donors (Lipinski definition) is 3. The van der Waals surface area contributed by atoms with Crippen LogP contribution < -0.4 is 0 Å². The molecule has 1 aliphatic rings.